The molecule has 1 saturated heterocycles. The third kappa shape index (κ3) is 2.72. The topological polar surface area (TPSA) is 85.0 Å². The average molecular weight is 377 g/mol. The standard InChI is InChI=1S/C18H24FN5O3/c1-16(2)26-15-17(19,9-25)6-7-18(15,27-16)24-8-5-12-13(22-11-23(3)4)20-10-21-14(12)24/h5,8,10-11,15,25H,6-7,9H2,1-4H3/b22-11+/t15-,17+,18-/m1/s1. The van der Waals surface area contributed by atoms with Crippen molar-refractivity contribution in [2.24, 2.45) is 4.99 Å². The van der Waals surface area contributed by atoms with Gasteiger partial charge in [0.1, 0.15) is 18.1 Å². The molecule has 0 bridgehead atoms. The van der Waals surface area contributed by atoms with Gasteiger partial charge in [0.05, 0.1) is 18.3 Å². The van der Waals surface area contributed by atoms with Crippen LogP contribution < -0.4 is 0 Å². The highest BCUT2D eigenvalue weighted by Crippen LogP contribution is 2.55. The van der Waals surface area contributed by atoms with Crippen LogP contribution in [-0.4, -0.2) is 69.1 Å². The van der Waals surface area contributed by atoms with Gasteiger partial charge in [-0.25, -0.2) is 19.4 Å². The zero-order chi connectivity index (χ0) is 19.4. The van der Waals surface area contributed by atoms with E-state index in [4.69, 9.17) is 9.47 Å². The first kappa shape index (κ1) is 18.3. The highest BCUT2D eigenvalue weighted by atomic mass is 19.1. The third-order valence-electron chi connectivity index (χ3n) is 5.14. The third-order valence-corrected chi connectivity index (χ3v) is 5.14. The molecule has 0 unspecified atom stereocenters. The molecule has 2 aliphatic rings. The van der Waals surface area contributed by atoms with Crippen molar-refractivity contribution in [1.82, 2.24) is 19.4 Å². The van der Waals surface area contributed by atoms with Crippen molar-refractivity contribution in [3.63, 3.8) is 0 Å². The number of fused-ring (bicyclic) bond motifs is 2. The zero-order valence-corrected chi connectivity index (χ0v) is 15.9. The van der Waals surface area contributed by atoms with Crippen LogP contribution in [0.2, 0.25) is 0 Å². The molecule has 3 heterocycles. The van der Waals surface area contributed by atoms with E-state index in [0.717, 1.165) is 5.39 Å². The van der Waals surface area contributed by atoms with Crippen LogP contribution >= 0.6 is 0 Å². The van der Waals surface area contributed by atoms with Crippen molar-refractivity contribution >= 4 is 23.2 Å². The first-order valence-electron chi connectivity index (χ1n) is 8.92. The Hall–Kier alpha value is -2.10. The minimum Gasteiger partial charge on any atom is -0.393 e. The lowest BCUT2D eigenvalue weighted by Gasteiger charge is -2.32. The lowest BCUT2D eigenvalue weighted by atomic mass is 10.0. The summed E-state index contributed by atoms with van der Waals surface area (Å²) in [6.45, 7) is 2.88. The number of halogens is 1. The molecular formula is C18H24FN5O3. The first-order valence-corrected chi connectivity index (χ1v) is 8.92. The van der Waals surface area contributed by atoms with Crippen LogP contribution in [0.3, 0.4) is 0 Å². The summed E-state index contributed by atoms with van der Waals surface area (Å²) in [5, 5.41) is 10.4. The Bertz CT molecular complexity index is 898. The summed E-state index contributed by atoms with van der Waals surface area (Å²) in [5.74, 6) is -0.460. The highest BCUT2D eigenvalue weighted by molar-refractivity contribution is 5.87. The Balaban J connectivity index is 1.85. The Morgan fingerprint density at radius 2 is 2.19 bits per heavy atom. The minimum atomic E-state index is -1.87. The SMILES string of the molecule is CN(C)/C=N/c1ncnc2c1ccn2[C@@]12CC[C@](F)(CO)[C@H]1OC(C)(C)O2. The van der Waals surface area contributed by atoms with Gasteiger partial charge in [0.2, 0.25) is 0 Å². The fraction of sp³-hybridized carbons (Fsp3) is 0.611. The Kier molecular flexibility index (Phi) is 4.03. The number of nitrogens with zero attached hydrogens (tertiary/aromatic N) is 5. The summed E-state index contributed by atoms with van der Waals surface area (Å²) >= 11 is 0. The van der Waals surface area contributed by atoms with Crippen LogP contribution in [-0.2, 0) is 15.2 Å². The molecule has 1 aliphatic heterocycles. The zero-order valence-electron chi connectivity index (χ0n) is 15.9. The van der Waals surface area contributed by atoms with E-state index in [1.54, 1.807) is 30.9 Å². The molecule has 2 fully saturated rings. The van der Waals surface area contributed by atoms with E-state index >= 15 is 4.39 Å². The monoisotopic (exact) mass is 377 g/mol. The normalized spacial score (nSPS) is 32.4. The number of ether oxygens (including phenoxy) is 2. The number of aliphatic imine (C=N–C) groups is 1. The van der Waals surface area contributed by atoms with E-state index in [1.807, 2.05) is 25.1 Å². The summed E-state index contributed by atoms with van der Waals surface area (Å²) in [5.41, 5.74) is -2.37. The van der Waals surface area contributed by atoms with Gasteiger partial charge in [-0.15, -0.1) is 0 Å². The van der Waals surface area contributed by atoms with Crippen molar-refractivity contribution < 1.29 is 19.0 Å². The molecule has 2 aromatic heterocycles. The molecule has 0 aromatic carbocycles. The van der Waals surface area contributed by atoms with Crippen molar-refractivity contribution in [3.05, 3.63) is 18.6 Å². The molecule has 0 spiro atoms. The fourth-order valence-corrected chi connectivity index (χ4v) is 4.06. The number of aliphatic hydroxyl groups is 1. The van der Waals surface area contributed by atoms with Crippen molar-refractivity contribution in [2.75, 3.05) is 20.7 Å². The van der Waals surface area contributed by atoms with Gasteiger partial charge in [-0.1, -0.05) is 0 Å². The fourth-order valence-electron chi connectivity index (χ4n) is 4.06. The van der Waals surface area contributed by atoms with Gasteiger partial charge >= 0.3 is 0 Å². The van der Waals surface area contributed by atoms with Gasteiger partial charge in [-0.3, -0.25) is 0 Å². The number of alkyl halides is 1. The molecule has 1 aliphatic carbocycles. The number of hydrogen-bond donors (Lipinski definition) is 1. The van der Waals surface area contributed by atoms with Gasteiger partial charge in [-0.2, -0.15) is 0 Å². The summed E-state index contributed by atoms with van der Waals surface area (Å²) in [4.78, 5) is 14.8. The van der Waals surface area contributed by atoms with E-state index in [2.05, 4.69) is 15.0 Å². The summed E-state index contributed by atoms with van der Waals surface area (Å²) in [6, 6.07) is 1.84. The van der Waals surface area contributed by atoms with Gasteiger partial charge in [-0.05, 0) is 26.3 Å². The smallest absolute Gasteiger partial charge is 0.179 e. The molecule has 1 N–H and O–H groups in total. The lowest BCUT2D eigenvalue weighted by Crippen LogP contribution is -2.48. The molecule has 3 atom stereocenters. The van der Waals surface area contributed by atoms with Crippen LogP contribution in [0.25, 0.3) is 11.0 Å². The van der Waals surface area contributed by atoms with E-state index < -0.39 is 29.9 Å². The first-order chi connectivity index (χ1) is 12.7. The Labute approximate surface area is 156 Å². The van der Waals surface area contributed by atoms with Gasteiger partial charge in [0.25, 0.3) is 0 Å². The van der Waals surface area contributed by atoms with E-state index in [1.165, 1.54) is 6.33 Å². The molecule has 27 heavy (non-hydrogen) atoms. The second-order valence-electron chi connectivity index (χ2n) is 7.87. The largest absolute Gasteiger partial charge is 0.393 e. The second kappa shape index (κ2) is 5.95. The maximum atomic E-state index is 15.3. The number of aliphatic hydroxyl groups excluding tert-OH is 1. The van der Waals surface area contributed by atoms with Gasteiger partial charge < -0.3 is 24.0 Å². The number of aromatic nitrogens is 3. The van der Waals surface area contributed by atoms with Crippen LogP contribution in [0.1, 0.15) is 26.7 Å². The van der Waals surface area contributed by atoms with E-state index in [9.17, 15) is 5.11 Å². The molecule has 4 rings (SSSR count). The average Bonchev–Trinajstić information content (AvgIpc) is 3.24. The quantitative estimate of drug-likeness (QED) is 0.648. The van der Waals surface area contributed by atoms with Crippen LogP contribution in [0, 0.1) is 0 Å². The summed E-state index contributed by atoms with van der Waals surface area (Å²) < 4.78 is 29.3. The van der Waals surface area contributed by atoms with Crippen LogP contribution in [0.15, 0.2) is 23.6 Å². The summed E-state index contributed by atoms with van der Waals surface area (Å²) in [7, 11) is 3.74. The maximum absolute atomic E-state index is 15.3. The van der Waals surface area contributed by atoms with Crippen molar-refractivity contribution in [2.45, 2.75) is 50.0 Å². The highest BCUT2D eigenvalue weighted by Gasteiger charge is 2.68. The van der Waals surface area contributed by atoms with Gasteiger partial charge in [0, 0.05) is 26.7 Å². The molecule has 8 nitrogen and oxygen atoms in total. The second-order valence-corrected chi connectivity index (χ2v) is 7.87. The van der Waals surface area contributed by atoms with E-state index in [-0.39, 0.29) is 6.42 Å². The molecule has 1 saturated carbocycles. The van der Waals surface area contributed by atoms with Crippen molar-refractivity contribution in [1.29, 1.82) is 0 Å². The predicted octanol–water partition coefficient (Wildman–Crippen LogP) is 1.95. The van der Waals surface area contributed by atoms with Gasteiger partial charge in [0.15, 0.2) is 23.0 Å². The minimum absolute atomic E-state index is 0.140. The number of rotatable bonds is 4. The summed E-state index contributed by atoms with van der Waals surface area (Å²) in [6.07, 6.45) is 4.45. The number of hydrogen-bond acceptors (Lipinski definition) is 6. The molecular weight excluding hydrogens is 353 g/mol. The Morgan fingerprint density at radius 3 is 2.89 bits per heavy atom. The van der Waals surface area contributed by atoms with E-state index in [0.29, 0.717) is 17.9 Å². The maximum Gasteiger partial charge on any atom is 0.179 e. The Morgan fingerprint density at radius 1 is 1.41 bits per heavy atom. The molecule has 146 valence electrons. The van der Waals surface area contributed by atoms with Crippen molar-refractivity contribution in [3.8, 4) is 0 Å². The molecule has 0 amide bonds. The molecule has 9 heteroatoms. The molecule has 0 radical (unpaired) electrons. The van der Waals surface area contributed by atoms with Crippen LogP contribution in [0.5, 0.6) is 0 Å². The lowest BCUT2D eigenvalue weighted by molar-refractivity contribution is -0.191. The molecule has 2 aromatic rings. The predicted molar refractivity (Wildman–Crippen MR) is 97.5 cm³/mol. The van der Waals surface area contributed by atoms with Crippen LogP contribution in [0.4, 0.5) is 10.2 Å².